The van der Waals surface area contributed by atoms with Crippen molar-refractivity contribution in [2.45, 2.75) is 25.3 Å². The van der Waals surface area contributed by atoms with E-state index >= 15 is 0 Å². The van der Waals surface area contributed by atoms with E-state index in [1.807, 2.05) is 30.3 Å². The number of carbonyl (C=O) groups excluding carboxylic acids is 1. The maximum absolute atomic E-state index is 12.3. The Balaban J connectivity index is 1.41. The molecule has 0 bridgehead atoms. The molecule has 1 aromatic carbocycles. The molecule has 24 heavy (non-hydrogen) atoms. The molecule has 0 aliphatic heterocycles. The number of amides is 1. The highest BCUT2D eigenvalue weighted by atomic mass is 16.5. The van der Waals surface area contributed by atoms with Gasteiger partial charge in [0, 0.05) is 6.20 Å². The maximum atomic E-state index is 12.3. The summed E-state index contributed by atoms with van der Waals surface area (Å²) in [5.74, 6) is -0.149. The van der Waals surface area contributed by atoms with Crippen LogP contribution >= 0.6 is 0 Å². The number of rotatable bonds is 4. The lowest BCUT2D eigenvalue weighted by Crippen LogP contribution is -2.34. The smallest absolute Gasteiger partial charge is 0.322 e. The number of carbonyl (C=O) groups is 1. The quantitative estimate of drug-likeness (QED) is 0.800. The highest BCUT2D eigenvalue weighted by molar-refractivity contribution is 5.78. The summed E-state index contributed by atoms with van der Waals surface area (Å²) in [6, 6.07) is 14.2. The molecule has 3 aromatic rings. The van der Waals surface area contributed by atoms with Gasteiger partial charge in [-0.3, -0.25) is 9.20 Å². The van der Waals surface area contributed by atoms with Crippen molar-refractivity contribution in [3.8, 4) is 6.01 Å². The first-order valence-corrected chi connectivity index (χ1v) is 8.11. The number of nitrogens with one attached hydrogen (secondary N) is 1. The van der Waals surface area contributed by atoms with Crippen LogP contribution in [0, 0.1) is 0 Å². The molecule has 1 aliphatic rings. The lowest BCUT2D eigenvalue weighted by molar-refractivity contribution is -0.124. The molecule has 0 radical (unpaired) electrons. The number of aromatic nitrogens is 3. The summed E-state index contributed by atoms with van der Waals surface area (Å²) < 4.78 is 7.24. The number of hydrogen-bond acceptors (Lipinski definition) is 4. The van der Waals surface area contributed by atoms with E-state index in [9.17, 15) is 4.79 Å². The fourth-order valence-corrected chi connectivity index (χ4v) is 3.19. The Kier molecular flexibility index (Phi) is 3.86. The monoisotopic (exact) mass is 322 g/mol. The summed E-state index contributed by atoms with van der Waals surface area (Å²) in [6.07, 6.45) is 4.92. The Hall–Kier alpha value is -2.89. The highest BCUT2D eigenvalue weighted by Crippen LogP contribution is 2.29. The fourth-order valence-electron chi connectivity index (χ4n) is 3.19. The molecule has 1 amide bonds. The number of hydrogen-bond donors (Lipinski definition) is 1. The van der Waals surface area contributed by atoms with Gasteiger partial charge in [0.2, 0.25) is 0 Å². The van der Waals surface area contributed by atoms with Crippen molar-refractivity contribution in [1.29, 1.82) is 0 Å². The van der Waals surface area contributed by atoms with E-state index in [-0.39, 0.29) is 18.6 Å². The van der Waals surface area contributed by atoms with Crippen LogP contribution in [0.2, 0.25) is 0 Å². The van der Waals surface area contributed by atoms with Crippen molar-refractivity contribution in [2.24, 2.45) is 0 Å². The first kappa shape index (κ1) is 14.7. The van der Waals surface area contributed by atoms with Crippen LogP contribution in [-0.4, -0.2) is 27.1 Å². The zero-order chi connectivity index (χ0) is 16.4. The SMILES string of the molecule is O=C(COc1nnc2ccccn12)N[C@H]1CCCc2ccccc21. The number of aryl methyl sites for hydroxylation is 1. The van der Waals surface area contributed by atoms with E-state index in [1.165, 1.54) is 11.1 Å². The van der Waals surface area contributed by atoms with Gasteiger partial charge in [-0.15, -0.1) is 5.10 Å². The summed E-state index contributed by atoms with van der Waals surface area (Å²) >= 11 is 0. The molecule has 2 aromatic heterocycles. The lowest BCUT2D eigenvalue weighted by atomic mass is 9.88. The molecule has 0 fully saturated rings. The Morgan fingerprint density at radius 2 is 2.08 bits per heavy atom. The van der Waals surface area contributed by atoms with Crippen LogP contribution in [0.25, 0.3) is 5.65 Å². The third-order valence-electron chi connectivity index (χ3n) is 4.32. The van der Waals surface area contributed by atoms with Gasteiger partial charge in [0.15, 0.2) is 12.3 Å². The van der Waals surface area contributed by atoms with Crippen molar-refractivity contribution >= 4 is 11.6 Å². The van der Waals surface area contributed by atoms with Crippen LogP contribution in [0.3, 0.4) is 0 Å². The minimum absolute atomic E-state index is 0.0567. The van der Waals surface area contributed by atoms with Crippen molar-refractivity contribution in [2.75, 3.05) is 6.61 Å². The summed E-state index contributed by atoms with van der Waals surface area (Å²) in [5.41, 5.74) is 3.22. The van der Waals surface area contributed by atoms with Crippen molar-refractivity contribution < 1.29 is 9.53 Å². The molecular formula is C18H18N4O2. The van der Waals surface area contributed by atoms with Gasteiger partial charge in [-0.2, -0.15) is 0 Å². The normalized spacial score (nSPS) is 16.6. The van der Waals surface area contributed by atoms with Crippen LogP contribution in [0.1, 0.15) is 30.0 Å². The predicted molar refractivity (Wildman–Crippen MR) is 88.7 cm³/mol. The minimum atomic E-state index is -0.149. The number of benzene rings is 1. The van der Waals surface area contributed by atoms with Crippen molar-refractivity contribution in [3.63, 3.8) is 0 Å². The number of nitrogens with zero attached hydrogens (tertiary/aromatic N) is 3. The molecule has 4 rings (SSSR count). The van der Waals surface area contributed by atoms with E-state index in [0.29, 0.717) is 11.7 Å². The molecule has 6 nitrogen and oxygen atoms in total. The van der Waals surface area contributed by atoms with Gasteiger partial charge in [0.1, 0.15) is 0 Å². The molecule has 2 heterocycles. The first-order valence-electron chi connectivity index (χ1n) is 8.11. The topological polar surface area (TPSA) is 68.5 Å². The van der Waals surface area contributed by atoms with Crippen LogP contribution < -0.4 is 10.1 Å². The minimum Gasteiger partial charge on any atom is -0.453 e. The van der Waals surface area contributed by atoms with Gasteiger partial charge >= 0.3 is 6.01 Å². The van der Waals surface area contributed by atoms with Gasteiger partial charge < -0.3 is 10.1 Å². The van der Waals surface area contributed by atoms with Crippen molar-refractivity contribution in [1.82, 2.24) is 19.9 Å². The zero-order valence-corrected chi connectivity index (χ0v) is 13.2. The third-order valence-corrected chi connectivity index (χ3v) is 4.32. The van der Waals surface area contributed by atoms with E-state index in [2.05, 4.69) is 27.6 Å². The second-order valence-electron chi connectivity index (χ2n) is 5.91. The molecule has 122 valence electrons. The molecule has 0 spiro atoms. The Bertz CT molecular complexity index is 874. The first-order chi connectivity index (χ1) is 11.8. The summed E-state index contributed by atoms with van der Waals surface area (Å²) in [5, 5.41) is 11.0. The van der Waals surface area contributed by atoms with E-state index in [4.69, 9.17) is 4.74 Å². The lowest BCUT2D eigenvalue weighted by Gasteiger charge is -2.26. The van der Waals surface area contributed by atoms with Gasteiger partial charge in [0.05, 0.1) is 6.04 Å². The second-order valence-corrected chi connectivity index (χ2v) is 5.91. The Labute approximate surface area is 139 Å². The highest BCUT2D eigenvalue weighted by Gasteiger charge is 2.21. The molecule has 0 unspecified atom stereocenters. The summed E-state index contributed by atoms with van der Waals surface area (Å²) in [6.45, 7) is -0.0750. The van der Waals surface area contributed by atoms with Gasteiger partial charge in [-0.1, -0.05) is 35.4 Å². The number of pyridine rings is 1. The average molecular weight is 322 g/mol. The fraction of sp³-hybridized carbons (Fsp3) is 0.278. The van der Waals surface area contributed by atoms with Crippen LogP contribution in [0.5, 0.6) is 6.01 Å². The van der Waals surface area contributed by atoms with Crippen LogP contribution in [0.4, 0.5) is 0 Å². The largest absolute Gasteiger partial charge is 0.453 e. The number of ether oxygens (including phenoxy) is 1. The van der Waals surface area contributed by atoms with Crippen LogP contribution in [-0.2, 0) is 11.2 Å². The third kappa shape index (κ3) is 2.82. The molecule has 0 saturated heterocycles. The summed E-state index contributed by atoms with van der Waals surface area (Å²) in [4.78, 5) is 12.3. The molecule has 1 aliphatic carbocycles. The molecule has 0 saturated carbocycles. The van der Waals surface area contributed by atoms with Gasteiger partial charge in [-0.05, 0) is 42.5 Å². The maximum Gasteiger partial charge on any atom is 0.322 e. The molecule has 1 N–H and O–H groups in total. The average Bonchev–Trinajstić information content (AvgIpc) is 3.04. The van der Waals surface area contributed by atoms with Gasteiger partial charge in [0.25, 0.3) is 5.91 Å². The Morgan fingerprint density at radius 3 is 3.04 bits per heavy atom. The predicted octanol–water partition coefficient (Wildman–Crippen LogP) is 2.30. The van der Waals surface area contributed by atoms with Crippen LogP contribution in [0.15, 0.2) is 48.7 Å². The number of fused-ring (bicyclic) bond motifs is 2. The molecular weight excluding hydrogens is 304 g/mol. The molecule has 1 atom stereocenters. The van der Waals surface area contributed by atoms with E-state index < -0.39 is 0 Å². The van der Waals surface area contributed by atoms with E-state index in [1.54, 1.807) is 10.6 Å². The van der Waals surface area contributed by atoms with E-state index in [0.717, 1.165) is 19.3 Å². The Morgan fingerprint density at radius 1 is 1.21 bits per heavy atom. The zero-order valence-electron chi connectivity index (χ0n) is 13.2. The summed E-state index contributed by atoms with van der Waals surface area (Å²) in [7, 11) is 0. The second kappa shape index (κ2) is 6.31. The standard InChI is InChI=1S/C18H18N4O2/c23-17(12-24-18-21-20-16-10-3-4-11-22(16)18)19-15-9-5-7-13-6-1-2-8-14(13)15/h1-4,6,8,10-11,15H,5,7,9,12H2,(H,19,23)/t15-/m0/s1. The van der Waals surface area contributed by atoms with Crippen molar-refractivity contribution in [3.05, 3.63) is 59.8 Å². The van der Waals surface area contributed by atoms with Gasteiger partial charge in [-0.25, -0.2) is 0 Å². The molecule has 6 heteroatoms.